The molecule has 4 nitrogen and oxygen atoms in total. The summed E-state index contributed by atoms with van der Waals surface area (Å²) in [7, 11) is -3.15. The highest BCUT2D eigenvalue weighted by Crippen LogP contribution is 2.28. The molecule has 1 saturated heterocycles. The number of ether oxygens (including phenoxy) is 1. The molecule has 0 amide bonds. The van der Waals surface area contributed by atoms with Gasteiger partial charge in [-0.15, -0.1) is 0 Å². The summed E-state index contributed by atoms with van der Waals surface area (Å²) in [6, 6.07) is 7.53. The summed E-state index contributed by atoms with van der Waals surface area (Å²) in [5.74, 6) is 0.643. The molecule has 21 heavy (non-hydrogen) atoms. The molecule has 0 bridgehead atoms. The van der Waals surface area contributed by atoms with Gasteiger partial charge in [0.25, 0.3) is 0 Å². The van der Waals surface area contributed by atoms with Crippen molar-refractivity contribution in [1.82, 2.24) is 5.32 Å². The van der Waals surface area contributed by atoms with E-state index in [1.807, 2.05) is 18.2 Å². The van der Waals surface area contributed by atoms with Gasteiger partial charge in [0.1, 0.15) is 0 Å². The average molecular weight is 311 g/mol. The van der Waals surface area contributed by atoms with Gasteiger partial charge in [-0.1, -0.05) is 19.1 Å². The lowest BCUT2D eigenvalue weighted by Gasteiger charge is -2.27. The maximum absolute atomic E-state index is 11.7. The fourth-order valence-electron chi connectivity index (χ4n) is 2.86. The smallest absolute Gasteiger partial charge is 0.175 e. The first-order valence-electron chi connectivity index (χ1n) is 7.62. The Morgan fingerprint density at radius 3 is 2.67 bits per heavy atom. The van der Waals surface area contributed by atoms with Crippen molar-refractivity contribution in [3.8, 4) is 0 Å². The van der Waals surface area contributed by atoms with E-state index >= 15 is 0 Å². The van der Waals surface area contributed by atoms with Crippen molar-refractivity contribution >= 4 is 9.84 Å². The number of hydrogen-bond acceptors (Lipinski definition) is 4. The van der Waals surface area contributed by atoms with Crippen LogP contribution in [0.2, 0.25) is 0 Å². The van der Waals surface area contributed by atoms with Crippen molar-refractivity contribution in [1.29, 1.82) is 0 Å². The number of nitrogens with one attached hydrogen (secondary N) is 1. The van der Waals surface area contributed by atoms with Crippen molar-refractivity contribution in [3.05, 3.63) is 29.8 Å². The van der Waals surface area contributed by atoms with Gasteiger partial charge in [-0.25, -0.2) is 8.42 Å². The SMILES string of the molecule is CCNC(CC1CCOCC1)c1cccc(S(C)(=O)=O)c1. The first kappa shape index (κ1) is 16.5. The van der Waals surface area contributed by atoms with Gasteiger partial charge >= 0.3 is 0 Å². The zero-order valence-electron chi connectivity index (χ0n) is 12.8. The van der Waals surface area contributed by atoms with Gasteiger partial charge in [0.05, 0.1) is 4.90 Å². The lowest BCUT2D eigenvalue weighted by molar-refractivity contribution is 0.0605. The Labute approximate surface area is 127 Å². The summed E-state index contributed by atoms with van der Waals surface area (Å²) in [6.07, 6.45) is 4.47. The summed E-state index contributed by atoms with van der Waals surface area (Å²) in [4.78, 5) is 0.398. The second kappa shape index (κ2) is 7.38. The van der Waals surface area contributed by atoms with Gasteiger partial charge in [-0.2, -0.15) is 0 Å². The lowest BCUT2D eigenvalue weighted by Crippen LogP contribution is -2.26. The standard InChI is InChI=1S/C16H25NO3S/c1-3-17-16(11-13-7-9-20-10-8-13)14-5-4-6-15(12-14)21(2,18)19/h4-6,12-13,16-17H,3,7-11H2,1-2H3. The van der Waals surface area contributed by atoms with Crippen LogP contribution in [-0.4, -0.2) is 34.4 Å². The summed E-state index contributed by atoms with van der Waals surface area (Å²) in [6.45, 7) is 4.63. The molecule has 1 N–H and O–H groups in total. The molecule has 118 valence electrons. The molecule has 1 fully saturated rings. The number of benzene rings is 1. The Morgan fingerprint density at radius 1 is 1.33 bits per heavy atom. The van der Waals surface area contributed by atoms with E-state index in [1.54, 1.807) is 6.07 Å². The monoisotopic (exact) mass is 311 g/mol. The summed E-state index contributed by atoms with van der Waals surface area (Å²) in [5.41, 5.74) is 1.06. The van der Waals surface area contributed by atoms with E-state index < -0.39 is 9.84 Å². The Kier molecular flexibility index (Phi) is 5.79. The topological polar surface area (TPSA) is 55.4 Å². The van der Waals surface area contributed by atoms with Crippen molar-refractivity contribution < 1.29 is 13.2 Å². The van der Waals surface area contributed by atoms with Crippen LogP contribution in [0.3, 0.4) is 0 Å². The van der Waals surface area contributed by atoms with Gasteiger partial charge in [0, 0.05) is 25.5 Å². The Bertz CT molecular complexity index is 550. The zero-order chi connectivity index (χ0) is 15.3. The molecule has 1 aliphatic rings. The molecule has 0 spiro atoms. The summed E-state index contributed by atoms with van der Waals surface area (Å²) in [5, 5.41) is 3.49. The minimum Gasteiger partial charge on any atom is -0.381 e. The van der Waals surface area contributed by atoms with Crippen LogP contribution in [0.1, 0.15) is 37.8 Å². The van der Waals surface area contributed by atoms with Crippen molar-refractivity contribution in [2.75, 3.05) is 26.0 Å². The van der Waals surface area contributed by atoms with Crippen LogP contribution in [-0.2, 0) is 14.6 Å². The molecule has 0 saturated carbocycles. The second-order valence-corrected chi connectivity index (χ2v) is 7.76. The van der Waals surface area contributed by atoms with Gasteiger partial charge < -0.3 is 10.1 Å². The molecule has 1 atom stereocenters. The highest BCUT2D eigenvalue weighted by atomic mass is 32.2. The molecular formula is C16H25NO3S. The van der Waals surface area contributed by atoms with Crippen LogP contribution >= 0.6 is 0 Å². The van der Waals surface area contributed by atoms with Crippen molar-refractivity contribution in [2.24, 2.45) is 5.92 Å². The van der Waals surface area contributed by atoms with E-state index in [4.69, 9.17) is 4.74 Å². The van der Waals surface area contributed by atoms with Crippen LogP contribution < -0.4 is 5.32 Å². The Balaban J connectivity index is 2.17. The highest BCUT2D eigenvalue weighted by molar-refractivity contribution is 7.90. The van der Waals surface area contributed by atoms with Crippen molar-refractivity contribution in [2.45, 2.75) is 37.1 Å². The van der Waals surface area contributed by atoms with Gasteiger partial charge in [-0.05, 0) is 49.4 Å². The average Bonchev–Trinajstić information content (AvgIpc) is 2.47. The predicted molar refractivity (Wildman–Crippen MR) is 84.1 cm³/mol. The lowest BCUT2D eigenvalue weighted by atomic mass is 9.89. The molecule has 0 radical (unpaired) electrons. The van der Waals surface area contributed by atoms with Crippen LogP contribution in [0.25, 0.3) is 0 Å². The third-order valence-electron chi connectivity index (χ3n) is 4.05. The molecule has 1 unspecified atom stereocenters. The van der Waals surface area contributed by atoms with Crippen LogP contribution in [0, 0.1) is 5.92 Å². The minimum absolute atomic E-state index is 0.208. The first-order valence-corrected chi connectivity index (χ1v) is 9.51. The van der Waals surface area contributed by atoms with Gasteiger partial charge in [0.2, 0.25) is 0 Å². The van der Waals surface area contributed by atoms with Crippen molar-refractivity contribution in [3.63, 3.8) is 0 Å². The molecule has 0 aliphatic carbocycles. The highest BCUT2D eigenvalue weighted by Gasteiger charge is 2.21. The third kappa shape index (κ3) is 4.80. The fourth-order valence-corrected chi connectivity index (χ4v) is 3.54. The fraction of sp³-hybridized carbons (Fsp3) is 0.625. The zero-order valence-corrected chi connectivity index (χ0v) is 13.7. The molecule has 1 aromatic carbocycles. The third-order valence-corrected chi connectivity index (χ3v) is 5.16. The van der Waals surface area contributed by atoms with E-state index in [0.29, 0.717) is 10.8 Å². The van der Waals surface area contributed by atoms with E-state index in [2.05, 4.69) is 12.2 Å². The quantitative estimate of drug-likeness (QED) is 0.877. The number of rotatable bonds is 6. The maximum atomic E-state index is 11.7. The number of sulfone groups is 1. The molecule has 1 aliphatic heterocycles. The first-order chi connectivity index (χ1) is 10.0. The van der Waals surface area contributed by atoms with E-state index in [9.17, 15) is 8.42 Å². The van der Waals surface area contributed by atoms with Crippen LogP contribution in [0.5, 0.6) is 0 Å². The van der Waals surface area contributed by atoms with E-state index in [-0.39, 0.29) is 6.04 Å². The van der Waals surface area contributed by atoms with Gasteiger partial charge in [-0.3, -0.25) is 0 Å². The molecular weight excluding hydrogens is 286 g/mol. The number of hydrogen-bond donors (Lipinski definition) is 1. The maximum Gasteiger partial charge on any atom is 0.175 e. The molecule has 2 rings (SSSR count). The van der Waals surface area contributed by atoms with Crippen LogP contribution in [0.4, 0.5) is 0 Å². The van der Waals surface area contributed by atoms with Crippen LogP contribution in [0.15, 0.2) is 29.2 Å². The summed E-state index contributed by atoms with van der Waals surface area (Å²) < 4.78 is 28.8. The molecule has 1 aromatic rings. The Morgan fingerprint density at radius 2 is 2.05 bits per heavy atom. The molecule has 5 heteroatoms. The largest absolute Gasteiger partial charge is 0.381 e. The molecule has 1 heterocycles. The summed E-state index contributed by atoms with van der Waals surface area (Å²) >= 11 is 0. The predicted octanol–water partition coefficient (Wildman–Crippen LogP) is 2.56. The second-order valence-electron chi connectivity index (χ2n) is 5.75. The normalized spacial score (nSPS) is 18.6. The Hall–Kier alpha value is -0.910. The molecule has 0 aromatic heterocycles. The van der Waals surface area contributed by atoms with Gasteiger partial charge in [0.15, 0.2) is 9.84 Å². The van der Waals surface area contributed by atoms with E-state index in [0.717, 1.165) is 44.6 Å². The minimum atomic E-state index is -3.15. The van der Waals surface area contributed by atoms with E-state index in [1.165, 1.54) is 6.26 Å².